The van der Waals surface area contributed by atoms with Crippen LogP contribution in [0.1, 0.15) is 65.7 Å². The number of fused-ring (bicyclic) bond motifs is 3. The van der Waals surface area contributed by atoms with Gasteiger partial charge in [-0.2, -0.15) is 0 Å². The molecule has 1 heterocycles. The molecule has 0 radical (unpaired) electrons. The Bertz CT molecular complexity index is 575. The number of allylic oxidation sites excluding steroid dienone is 2. The van der Waals surface area contributed by atoms with Crippen LogP contribution in [-0.2, 0) is 9.47 Å². The summed E-state index contributed by atoms with van der Waals surface area (Å²) in [6, 6.07) is 0. The highest BCUT2D eigenvalue weighted by atomic mass is 16.7. The Hall–Kier alpha value is -0.780. The van der Waals surface area contributed by atoms with Crippen molar-refractivity contribution in [3.63, 3.8) is 0 Å². The standard InChI is InChI=1S/C21H30O2/c1-5-20-10-7-6-8-17(20)19(4)12-13-21(22-14-15-23-21)18(2,3)16(19)9-11-20/h1,8,16H,6-7,9-15H2,2-4H3/t16-,19-,20?/m0/s1. The normalized spacial score (nSPS) is 44.1. The van der Waals surface area contributed by atoms with E-state index in [2.05, 4.69) is 32.8 Å². The van der Waals surface area contributed by atoms with Crippen LogP contribution in [0.25, 0.3) is 0 Å². The molecule has 2 heteroatoms. The Morgan fingerprint density at radius 2 is 1.83 bits per heavy atom. The minimum Gasteiger partial charge on any atom is -0.347 e. The van der Waals surface area contributed by atoms with Crippen molar-refractivity contribution in [3.8, 4) is 12.3 Å². The van der Waals surface area contributed by atoms with Crippen molar-refractivity contribution in [2.75, 3.05) is 13.2 Å². The first-order chi connectivity index (χ1) is 10.9. The van der Waals surface area contributed by atoms with Gasteiger partial charge in [0, 0.05) is 11.8 Å². The molecule has 0 aromatic rings. The molecule has 3 aliphatic carbocycles. The van der Waals surface area contributed by atoms with Crippen LogP contribution in [0.3, 0.4) is 0 Å². The molecule has 126 valence electrons. The molecular weight excluding hydrogens is 284 g/mol. The van der Waals surface area contributed by atoms with Gasteiger partial charge in [-0.25, -0.2) is 0 Å². The molecule has 1 unspecified atom stereocenters. The first-order valence-corrected chi connectivity index (χ1v) is 9.37. The molecule has 2 saturated carbocycles. The Morgan fingerprint density at radius 3 is 2.52 bits per heavy atom. The van der Waals surface area contributed by atoms with Crippen molar-refractivity contribution in [3.05, 3.63) is 11.6 Å². The summed E-state index contributed by atoms with van der Waals surface area (Å²) in [6.45, 7) is 8.69. The maximum Gasteiger partial charge on any atom is 0.173 e. The van der Waals surface area contributed by atoms with Gasteiger partial charge in [0.15, 0.2) is 5.79 Å². The lowest BCUT2D eigenvalue weighted by atomic mass is 9.43. The highest BCUT2D eigenvalue weighted by molar-refractivity contribution is 5.38. The number of rotatable bonds is 0. The highest BCUT2D eigenvalue weighted by Crippen LogP contribution is 2.68. The fourth-order valence-corrected chi connectivity index (χ4v) is 6.59. The molecule has 0 aromatic heterocycles. The summed E-state index contributed by atoms with van der Waals surface area (Å²) in [5.74, 6) is 3.44. The Kier molecular flexibility index (Phi) is 3.33. The third-order valence-corrected chi connectivity index (χ3v) is 7.77. The van der Waals surface area contributed by atoms with Crippen molar-refractivity contribution in [2.45, 2.75) is 71.5 Å². The predicted octanol–water partition coefficient (Wildman–Crippen LogP) is 4.70. The third kappa shape index (κ3) is 1.84. The van der Waals surface area contributed by atoms with Gasteiger partial charge in [0.2, 0.25) is 0 Å². The molecule has 2 nitrogen and oxygen atoms in total. The molecule has 3 atom stereocenters. The monoisotopic (exact) mass is 314 g/mol. The fourth-order valence-electron chi connectivity index (χ4n) is 6.59. The molecule has 4 aliphatic rings. The second-order valence-electron chi connectivity index (χ2n) is 8.92. The maximum atomic E-state index is 6.20. The van der Waals surface area contributed by atoms with Crippen LogP contribution >= 0.6 is 0 Å². The molecule has 4 rings (SSSR count). The SMILES string of the molecule is C#CC12CCCC=C1[C@@]1(C)CCC3(OCCO3)C(C)(C)[C@@H]1CC2. The van der Waals surface area contributed by atoms with E-state index < -0.39 is 0 Å². The van der Waals surface area contributed by atoms with Gasteiger partial charge in [-0.1, -0.05) is 32.8 Å². The van der Waals surface area contributed by atoms with E-state index in [-0.39, 0.29) is 22.0 Å². The quantitative estimate of drug-likeness (QED) is 0.477. The lowest BCUT2D eigenvalue weighted by Gasteiger charge is -2.64. The van der Waals surface area contributed by atoms with E-state index in [4.69, 9.17) is 15.9 Å². The van der Waals surface area contributed by atoms with E-state index in [1.165, 1.54) is 25.7 Å². The van der Waals surface area contributed by atoms with Gasteiger partial charge in [-0.15, -0.1) is 6.42 Å². The molecule has 0 bridgehead atoms. The van der Waals surface area contributed by atoms with Crippen LogP contribution < -0.4 is 0 Å². The Morgan fingerprint density at radius 1 is 1.09 bits per heavy atom. The van der Waals surface area contributed by atoms with E-state index in [1.807, 2.05) is 0 Å². The van der Waals surface area contributed by atoms with E-state index >= 15 is 0 Å². The molecule has 0 aromatic carbocycles. The van der Waals surface area contributed by atoms with Crippen molar-refractivity contribution >= 4 is 0 Å². The van der Waals surface area contributed by atoms with Crippen LogP contribution in [0.15, 0.2) is 11.6 Å². The van der Waals surface area contributed by atoms with Crippen LogP contribution in [0.5, 0.6) is 0 Å². The number of hydrogen-bond acceptors (Lipinski definition) is 2. The van der Waals surface area contributed by atoms with Crippen molar-refractivity contribution in [1.82, 2.24) is 0 Å². The Labute approximate surface area is 141 Å². The molecule has 0 amide bonds. The number of hydrogen-bond donors (Lipinski definition) is 0. The van der Waals surface area contributed by atoms with Gasteiger partial charge < -0.3 is 9.47 Å². The lowest BCUT2D eigenvalue weighted by Crippen LogP contribution is -2.61. The van der Waals surface area contributed by atoms with E-state index in [9.17, 15) is 0 Å². The zero-order valence-corrected chi connectivity index (χ0v) is 14.9. The average molecular weight is 314 g/mol. The van der Waals surface area contributed by atoms with Crippen molar-refractivity contribution < 1.29 is 9.47 Å². The van der Waals surface area contributed by atoms with Crippen LogP contribution in [0.2, 0.25) is 0 Å². The average Bonchev–Trinajstić information content (AvgIpc) is 3.03. The van der Waals surface area contributed by atoms with E-state index in [0.717, 1.165) is 32.5 Å². The largest absolute Gasteiger partial charge is 0.347 e. The second-order valence-corrected chi connectivity index (χ2v) is 8.92. The predicted molar refractivity (Wildman–Crippen MR) is 91.7 cm³/mol. The fraction of sp³-hybridized carbons (Fsp3) is 0.810. The van der Waals surface area contributed by atoms with Gasteiger partial charge in [-0.05, 0) is 55.4 Å². The highest BCUT2D eigenvalue weighted by Gasteiger charge is 2.65. The molecule has 3 fully saturated rings. The minimum absolute atomic E-state index is 0.0234. The Balaban J connectivity index is 1.78. The summed E-state index contributed by atoms with van der Waals surface area (Å²) in [5, 5.41) is 0. The molecule has 0 N–H and O–H groups in total. The smallest absolute Gasteiger partial charge is 0.173 e. The maximum absolute atomic E-state index is 6.20. The third-order valence-electron chi connectivity index (χ3n) is 7.77. The topological polar surface area (TPSA) is 18.5 Å². The van der Waals surface area contributed by atoms with Crippen LogP contribution in [0.4, 0.5) is 0 Å². The van der Waals surface area contributed by atoms with Crippen LogP contribution in [0, 0.1) is 34.5 Å². The van der Waals surface area contributed by atoms with Crippen molar-refractivity contribution in [2.24, 2.45) is 22.2 Å². The summed E-state index contributed by atoms with van der Waals surface area (Å²) >= 11 is 0. The minimum atomic E-state index is -0.372. The zero-order valence-electron chi connectivity index (χ0n) is 14.9. The lowest BCUT2D eigenvalue weighted by molar-refractivity contribution is -0.284. The van der Waals surface area contributed by atoms with Crippen molar-refractivity contribution in [1.29, 1.82) is 0 Å². The number of ether oxygens (including phenoxy) is 2. The summed E-state index contributed by atoms with van der Waals surface area (Å²) in [5.41, 5.74) is 1.84. The van der Waals surface area contributed by atoms with Gasteiger partial charge in [0.1, 0.15) is 0 Å². The van der Waals surface area contributed by atoms with E-state index in [0.29, 0.717) is 5.92 Å². The first-order valence-electron chi connectivity index (χ1n) is 9.37. The van der Waals surface area contributed by atoms with Crippen LogP contribution in [-0.4, -0.2) is 19.0 Å². The van der Waals surface area contributed by atoms with E-state index in [1.54, 1.807) is 5.57 Å². The zero-order chi connectivity index (χ0) is 16.3. The molecule has 23 heavy (non-hydrogen) atoms. The molecule has 1 spiro atoms. The molecular formula is C21H30O2. The molecule has 1 saturated heterocycles. The first kappa shape index (κ1) is 15.7. The summed E-state index contributed by atoms with van der Waals surface area (Å²) in [7, 11) is 0. The van der Waals surface area contributed by atoms with Gasteiger partial charge >= 0.3 is 0 Å². The second kappa shape index (κ2) is 4.87. The van der Waals surface area contributed by atoms with Gasteiger partial charge in [-0.3, -0.25) is 0 Å². The summed E-state index contributed by atoms with van der Waals surface area (Å²) in [6.07, 6.45) is 16.6. The summed E-state index contributed by atoms with van der Waals surface area (Å²) < 4.78 is 12.4. The summed E-state index contributed by atoms with van der Waals surface area (Å²) in [4.78, 5) is 0. The van der Waals surface area contributed by atoms with Gasteiger partial charge in [0.25, 0.3) is 0 Å². The number of terminal acetylenes is 1. The molecule has 1 aliphatic heterocycles. The van der Waals surface area contributed by atoms with Gasteiger partial charge in [0.05, 0.1) is 18.6 Å².